The van der Waals surface area contributed by atoms with Gasteiger partial charge in [-0.3, -0.25) is 0 Å². The molecule has 7 nitrogen and oxygen atoms in total. The van der Waals surface area contributed by atoms with Crippen LogP contribution >= 0.6 is 0 Å². The van der Waals surface area contributed by atoms with Crippen LogP contribution in [0.3, 0.4) is 0 Å². The Morgan fingerprint density at radius 3 is 2.54 bits per heavy atom. The Morgan fingerprint density at radius 2 is 1.92 bits per heavy atom. The highest BCUT2D eigenvalue weighted by Gasteiger charge is 2.57. The lowest BCUT2D eigenvalue weighted by Crippen LogP contribution is -2.57. The normalized spacial score (nSPS) is 28.8. The minimum Gasteiger partial charge on any atom is -0.450 e. The van der Waals surface area contributed by atoms with Crippen LogP contribution in [0.2, 0.25) is 0 Å². The molecule has 0 aromatic heterocycles. The number of carbonyl (C=O) groups excluding carboxylic acids is 1. The van der Waals surface area contributed by atoms with Crippen molar-refractivity contribution in [2.75, 3.05) is 26.3 Å². The summed E-state index contributed by atoms with van der Waals surface area (Å²) in [5, 5.41) is 3.37. The van der Waals surface area contributed by atoms with Crippen LogP contribution in [-0.4, -0.2) is 61.4 Å². The van der Waals surface area contributed by atoms with Crippen LogP contribution in [0.25, 0.3) is 0 Å². The number of rotatable bonds is 5. The molecule has 148 valence electrons. The molecule has 1 heterocycles. The quantitative estimate of drug-likeness (QED) is 0.575. The maximum Gasteiger partial charge on any atom is 0.409 e. The third-order valence-corrected chi connectivity index (χ3v) is 6.31. The number of nitrogens with one attached hydrogen (secondary N) is 1. The van der Waals surface area contributed by atoms with Gasteiger partial charge in [0.15, 0.2) is 5.96 Å². The average Bonchev–Trinajstić information content (AvgIpc) is 3.15. The molecule has 0 bridgehead atoms. The second kappa shape index (κ2) is 8.46. The van der Waals surface area contributed by atoms with Crippen LogP contribution in [0.15, 0.2) is 4.99 Å². The van der Waals surface area contributed by atoms with Crippen molar-refractivity contribution in [2.24, 2.45) is 16.1 Å². The summed E-state index contributed by atoms with van der Waals surface area (Å²) in [7, 11) is 0. The molecule has 3 rings (SSSR count). The Balaban J connectivity index is 1.49. The molecule has 3 fully saturated rings. The molecule has 1 spiro atoms. The Bertz CT molecular complexity index is 511. The van der Waals surface area contributed by atoms with E-state index in [9.17, 15) is 4.79 Å². The second-order valence-electron chi connectivity index (χ2n) is 7.75. The number of amides is 1. The molecule has 7 heteroatoms. The zero-order chi connectivity index (χ0) is 18.6. The monoisotopic (exact) mass is 366 g/mol. The number of ether oxygens (including phenoxy) is 2. The number of nitrogens with zero attached hydrogens (tertiary/aromatic N) is 2. The van der Waals surface area contributed by atoms with Crippen molar-refractivity contribution >= 4 is 12.1 Å². The summed E-state index contributed by atoms with van der Waals surface area (Å²) < 4.78 is 11.0. The van der Waals surface area contributed by atoms with Crippen LogP contribution in [0.4, 0.5) is 4.79 Å². The molecule has 3 aliphatic rings. The van der Waals surface area contributed by atoms with Gasteiger partial charge in [0.2, 0.25) is 0 Å². The zero-order valence-electron chi connectivity index (χ0n) is 16.2. The van der Waals surface area contributed by atoms with Crippen molar-refractivity contribution in [1.82, 2.24) is 10.2 Å². The van der Waals surface area contributed by atoms with Gasteiger partial charge in [-0.1, -0.05) is 12.8 Å². The van der Waals surface area contributed by atoms with E-state index < -0.39 is 0 Å². The van der Waals surface area contributed by atoms with Crippen LogP contribution in [0.5, 0.6) is 0 Å². The maximum absolute atomic E-state index is 11.8. The highest BCUT2D eigenvalue weighted by molar-refractivity contribution is 5.78. The molecule has 2 aliphatic carbocycles. The first-order chi connectivity index (χ1) is 12.6. The number of carbonyl (C=O) groups is 1. The molecule has 2 saturated carbocycles. The lowest BCUT2D eigenvalue weighted by Gasteiger charge is -2.52. The molecule has 0 radical (unpaired) electrons. The first-order valence-electron chi connectivity index (χ1n) is 10.2. The summed E-state index contributed by atoms with van der Waals surface area (Å²) in [6, 6.07) is 0.556. The van der Waals surface area contributed by atoms with E-state index in [1.165, 1.54) is 25.7 Å². The van der Waals surface area contributed by atoms with Crippen molar-refractivity contribution in [3.63, 3.8) is 0 Å². The van der Waals surface area contributed by atoms with Gasteiger partial charge in [0.1, 0.15) is 0 Å². The van der Waals surface area contributed by atoms with E-state index in [2.05, 4.69) is 12.2 Å². The van der Waals surface area contributed by atoms with Crippen LogP contribution in [0, 0.1) is 5.41 Å². The van der Waals surface area contributed by atoms with Gasteiger partial charge in [0.25, 0.3) is 0 Å². The van der Waals surface area contributed by atoms with Gasteiger partial charge in [-0.2, -0.15) is 0 Å². The van der Waals surface area contributed by atoms with E-state index in [4.69, 9.17) is 20.2 Å². The van der Waals surface area contributed by atoms with Crippen molar-refractivity contribution in [1.29, 1.82) is 0 Å². The third-order valence-electron chi connectivity index (χ3n) is 6.31. The number of hydrogen-bond acceptors (Lipinski definition) is 4. The number of piperidine rings is 1. The van der Waals surface area contributed by atoms with Gasteiger partial charge in [0.05, 0.1) is 18.8 Å². The van der Waals surface area contributed by atoms with Crippen LogP contribution < -0.4 is 11.1 Å². The van der Waals surface area contributed by atoms with E-state index in [1.54, 1.807) is 4.90 Å². The molecule has 1 amide bonds. The Morgan fingerprint density at radius 1 is 1.23 bits per heavy atom. The van der Waals surface area contributed by atoms with Gasteiger partial charge in [0, 0.05) is 31.2 Å². The van der Waals surface area contributed by atoms with Gasteiger partial charge in [-0.15, -0.1) is 0 Å². The summed E-state index contributed by atoms with van der Waals surface area (Å²) in [4.78, 5) is 18.4. The smallest absolute Gasteiger partial charge is 0.409 e. The predicted molar refractivity (Wildman–Crippen MR) is 101 cm³/mol. The fraction of sp³-hybridized carbons (Fsp3) is 0.895. The molecule has 26 heavy (non-hydrogen) atoms. The van der Waals surface area contributed by atoms with Crippen molar-refractivity contribution in [3.8, 4) is 0 Å². The fourth-order valence-electron chi connectivity index (χ4n) is 4.87. The summed E-state index contributed by atoms with van der Waals surface area (Å²) in [5.41, 5.74) is 6.44. The summed E-state index contributed by atoms with van der Waals surface area (Å²) in [6.07, 6.45) is 7.81. The lowest BCUT2D eigenvalue weighted by atomic mass is 9.61. The molecule has 3 N–H and O–H groups in total. The van der Waals surface area contributed by atoms with Crippen LogP contribution in [0.1, 0.15) is 58.8 Å². The van der Waals surface area contributed by atoms with Gasteiger partial charge in [-0.25, -0.2) is 9.79 Å². The number of nitrogens with two attached hydrogens (primary N) is 1. The van der Waals surface area contributed by atoms with Crippen molar-refractivity contribution in [3.05, 3.63) is 0 Å². The standard InChI is InChI=1S/C19H34N4O3/c1-3-25-16-13-15(19(16)9-5-6-10-19)22-17(20)21-14-7-11-23(12-8-14)18(24)26-4-2/h14-16H,3-13H2,1-2H3,(H3,20,21,22). The third kappa shape index (κ3) is 3.92. The van der Waals surface area contributed by atoms with E-state index in [0.29, 0.717) is 31.8 Å². The lowest BCUT2D eigenvalue weighted by molar-refractivity contribution is -0.119. The Labute approximate surface area is 156 Å². The highest BCUT2D eigenvalue weighted by Crippen LogP contribution is 2.56. The summed E-state index contributed by atoms with van der Waals surface area (Å²) in [5.74, 6) is 0.547. The number of hydrogen-bond donors (Lipinski definition) is 2. The minimum absolute atomic E-state index is 0.216. The number of guanidine groups is 1. The Kier molecular flexibility index (Phi) is 6.27. The molecule has 2 unspecified atom stereocenters. The molecule has 1 saturated heterocycles. The van der Waals surface area contributed by atoms with E-state index in [1.807, 2.05) is 6.92 Å². The molecule has 1 aliphatic heterocycles. The molecule has 2 atom stereocenters. The van der Waals surface area contributed by atoms with Gasteiger partial charge in [-0.05, 0) is 46.0 Å². The zero-order valence-corrected chi connectivity index (χ0v) is 16.2. The summed E-state index contributed by atoms with van der Waals surface area (Å²) in [6.45, 7) is 6.49. The van der Waals surface area contributed by atoms with E-state index >= 15 is 0 Å². The summed E-state index contributed by atoms with van der Waals surface area (Å²) >= 11 is 0. The topological polar surface area (TPSA) is 89.2 Å². The minimum atomic E-state index is -0.216. The predicted octanol–water partition coefficient (Wildman–Crippen LogP) is 2.25. The van der Waals surface area contributed by atoms with Gasteiger partial charge < -0.3 is 25.4 Å². The Hall–Kier alpha value is -1.50. The SMILES string of the molecule is CCOC(=O)N1CCC(NC(N)=NC2CC(OCC)C23CCCC3)CC1. The van der Waals surface area contributed by atoms with Crippen molar-refractivity contribution in [2.45, 2.75) is 77.0 Å². The van der Waals surface area contributed by atoms with E-state index in [-0.39, 0.29) is 23.6 Å². The molecular weight excluding hydrogens is 332 g/mol. The number of likely N-dealkylation sites (tertiary alicyclic amines) is 1. The fourth-order valence-corrected chi connectivity index (χ4v) is 4.87. The number of aliphatic imine (C=N–C) groups is 1. The van der Waals surface area contributed by atoms with Crippen LogP contribution in [-0.2, 0) is 9.47 Å². The largest absolute Gasteiger partial charge is 0.450 e. The molecular formula is C19H34N4O3. The first kappa shape index (κ1) is 19.3. The first-order valence-corrected chi connectivity index (χ1v) is 10.2. The van der Waals surface area contributed by atoms with Gasteiger partial charge >= 0.3 is 6.09 Å². The second-order valence-corrected chi connectivity index (χ2v) is 7.75. The average molecular weight is 367 g/mol. The van der Waals surface area contributed by atoms with Crippen molar-refractivity contribution < 1.29 is 14.3 Å². The maximum atomic E-state index is 11.8. The molecule has 0 aromatic rings. The highest BCUT2D eigenvalue weighted by atomic mass is 16.6. The van der Waals surface area contributed by atoms with E-state index in [0.717, 1.165) is 25.9 Å². The molecule has 0 aromatic carbocycles.